The van der Waals surface area contributed by atoms with Crippen LogP contribution in [0.25, 0.3) is 6.08 Å². The summed E-state index contributed by atoms with van der Waals surface area (Å²) >= 11 is 0. The number of hydrogen-bond acceptors (Lipinski definition) is 4. The molecule has 2 aromatic carbocycles. The highest BCUT2D eigenvalue weighted by Gasteiger charge is 2.07. The molecule has 4 heteroatoms. The topological polar surface area (TPSA) is 72.5 Å². The second-order valence-electron chi connectivity index (χ2n) is 4.48. The summed E-state index contributed by atoms with van der Waals surface area (Å²) in [6, 6.07) is 11.9. The van der Waals surface area contributed by atoms with Crippen LogP contribution in [-0.4, -0.2) is 17.5 Å². The van der Waals surface area contributed by atoms with E-state index in [4.69, 9.17) is 10.5 Å². The first kappa shape index (κ1) is 14.7. The van der Waals surface area contributed by atoms with Crippen molar-refractivity contribution in [1.82, 2.24) is 0 Å². The first-order valence-corrected chi connectivity index (χ1v) is 6.64. The van der Waals surface area contributed by atoms with Gasteiger partial charge in [0.2, 0.25) is 0 Å². The highest BCUT2D eigenvalue weighted by Crippen LogP contribution is 2.21. The van der Waals surface area contributed by atoms with Crippen LogP contribution in [0.1, 0.15) is 22.8 Å². The van der Waals surface area contributed by atoms with Crippen molar-refractivity contribution in [3.8, 4) is 11.5 Å². The number of carbonyl (C=O) groups excluding carboxylic acids is 1. The van der Waals surface area contributed by atoms with E-state index in [1.165, 1.54) is 18.2 Å². The van der Waals surface area contributed by atoms with Crippen molar-refractivity contribution in [2.45, 2.75) is 6.92 Å². The summed E-state index contributed by atoms with van der Waals surface area (Å²) in [6.07, 6.45) is 3.11. The molecular formula is C17H17NO3. The maximum atomic E-state index is 12.0. The van der Waals surface area contributed by atoms with Gasteiger partial charge in [0.1, 0.15) is 11.5 Å². The van der Waals surface area contributed by atoms with Crippen LogP contribution in [-0.2, 0) is 0 Å². The maximum absolute atomic E-state index is 12.0. The lowest BCUT2D eigenvalue weighted by molar-refractivity contribution is 0.104. The molecule has 0 saturated carbocycles. The number of anilines is 1. The van der Waals surface area contributed by atoms with E-state index in [1.807, 2.05) is 31.2 Å². The molecule has 0 spiro atoms. The highest BCUT2D eigenvalue weighted by molar-refractivity contribution is 6.08. The van der Waals surface area contributed by atoms with E-state index in [1.54, 1.807) is 12.1 Å². The van der Waals surface area contributed by atoms with Crippen molar-refractivity contribution in [3.63, 3.8) is 0 Å². The van der Waals surface area contributed by atoms with Gasteiger partial charge in [0.05, 0.1) is 12.2 Å². The van der Waals surface area contributed by atoms with Crippen LogP contribution >= 0.6 is 0 Å². The lowest BCUT2D eigenvalue weighted by Crippen LogP contribution is -1.96. The molecule has 108 valence electrons. The molecule has 0 aliphatic rings. The summed E-state index contributed by atoms with van der Waals surface area (Å²) in [6.45, 7) is 2.54. The molecule has 2 rings (SSSR count). The minimum atomic E-state index is -0.276. The number of ether oxygens (including phenoxy) is 1. The van der Waals surface area contributed by atoms with Gasteiger partial charge < -0.3 is 15.6 Å². The number of phenols is 1. The molecule has 0 amide bonds. The number of nitrogens with two attached hydrogens (primary N) is 1. The number of rotatable bonds is 5. The largest absolute Gasteiger partial charge is 0.507 e. The monoisotopic (exact) mass is 283 g/mol. The zero-order chi connectivity index (χ0) is 15.2. The number of aromatic hydroxyl groups is 1. The molecule has 3 N–H and O–H groups in total. The van der Waals surface area contributed by atoms with Crippen LogP contribution in [0.4, 0.5) is 5.69 Å². The van der Waals surface area contributed by atoms with Crippen molar-refractivity contribution in [3.05, 3.63) is 59.7 Å². The molecule has 21 heavy (non-hydrogen) atoms. The fourth-order valence-corrected chi connectivity index (χ4v) is 1.86. The third kappa shape index (κ3) is 3.86. The molecule has 4 nitrogen and oxygen atoms in total. The normalized spacial score (nSPS) is 10.7. The highest BCUT2D eigenvalue weighted by atomic mass is 16.5. The Labute approximate surface area is 123 Å². The standard InChI is InChI=1S/C17H17NO3/c1-2-21-14-7-3-12(4-8-14)5-10-16(19)15-9-6-13(18)11-17(15)20/h3-11,20H,2,18H2,1H3/b10-5+. The summed E-state index contributed by atoms with van der Waals surface area (Å²) < 4.78 is 5.35. The number of nitrogen functional groups attached to an aromatic ring is 1. The Hall–Kier alpha value is -2.75. The van der Waals surface area contributed by atoms with Gasteiger partial charge in [-0.25, -0.2) is 0 Å². The van der Waals surface area contributed by atoms with Gasteiger partial charge in [0.25, 0.3) is 0 Å². The van der Waals surface area contributed by atoms with Gasteiger partial charge in [-0.1, -0.05) is 18.2 Å². The van der Waals surface area contributed by atoms with Crippen molar-refractivity contribution < 1.29 is 14.6 Å². The molecule has 2 aromatic rings. The van der Waals surface area contributed by atoms with Crippen LogP contribution in [0, 0.1) is 0 Å². The smallest absolute Gasteiger partial charge is 0.189 e. The van der Waals surface area contributed by atoms with Crippen molar-refractivity contribution in [2.24, 2.45) is 0 Å². The maximum Gasteiger partial charge on any atom is 0.189 e. The van der Waals surface area contributed by atoms with Crippen LogP contribution in [0.2, 0.25) is 0 Å². The number of hydrogen-bond donors (Lipinski definition) is 2. The van der Waals surface area contributed by atoms with Crippen molar-refractivity contribution >= 4 is 17.5 Å². The number of carbonyl (C=O) groups is 1. The molecule has 0 aliphatic carbocycles. The Balaban J connectivity index is 2.11. The van der Waals surface area contributed by atoms with E-state index >= 15 is 0 Å². The number of ketones is 1. The van der Waals surface area contributed by atoms with E-state index in [0.717, 1.165) is 11.3 Å². The Morgan fingerprint density at radius 2 is 1.95 bits per heavy atom. The van der Waals surface area contributed by atoms with Crippen LogP contribution in [0.5, 0.6) is 11.5 Å². The second kappa shape index (κ2) is 6.61. The average Bonchev–Trinajstić information content (AvgIpc) is 2.46. The fraction of sp³-hybridized carbons (Fsp3) is 0.118. The lowest BCUT2D eigenvalue weighted by Gasteiger charge is -2.03. The summed E-state index contributed by atoms with van der Waals surface area (Å²) in [5, 5.41) is 9.70. The molecule has 0 unspecified atom stereocenters. The third-order valence-corrected chi connectivity index (χ3v) is 2.91. The van der Waals surface area contributed by atoms with E-state index in [9.17, 15) is 9.90 Å². The van der Waals surface area contributed by atoms with E-state index < -0.39 is 0 Å². The van der Waals surface area contributed by atoms with E-state index in [0.29, 0.717) is 12.3 Å². The van der Waals surface area contributed by atoms with E-state index in [2.05, 4.69) is 0 Å². The minimum absolute atomic E-state index is 0.114. The van der Waals surface area contributed by atoms with Gasteiger partial charge in [0.15, 0.2) is 5.78 Å². The molecule has 0 saturated heterocycles. The van der Waals surface area contributed by atoms with Gasteiger partial charge in [-0.05, 0) is 42.8 Å². The Kier molecular flexibility index (Phi) is 4.61. The van der Waals surface area contributed by atoms with Crippen LogP contribution in [0.15, 0.2) is 48.5 Å². The molecule has 0 heterocycles. The zero-order valence-corrected chi connectivity index (χ0v) is 11.7. The van der Waals surface area contributed by atoms with Crippen molar-refractivity contribution in [2.75, 3.05) is 12.3 Å². The lowest BCUT2D eigenvalue weighted by atomic mass is 10.1. The summed E-state index contributed by atoms with van der Waals surface area (Å²) in [5.41, 5.74) is 7.05. The molecule has 0 aliphatic heterocycles. The molecular weight excluding hydrogens is 266 g/mol. The minimum Gasteiger partial charge on any atom is -0.507 e. The van der Waals surface area contributed by atoms with Gasteiger partial charge in [-0.2, -0.15) is 0 Å². The molecule has 0 fully saturated rings. The van der Waals surface area contributed by atoms with Gasteiger partial charge in [-0.15, -0.1) is 0 Å². The van der Waals surface area contributed by atoms with Gasteiger partial charge in [0, 0.05) is 11.8 Å². The predicted octanol–water partition coefficient (Wildman–Crippen LogP) is 3.27. The zero-order valence-electron chi connectivity index (χ0n) is 11.7. The van der Waals surface area contributed by atoms with Crippen molar-refractivity contribution in [1.29, 1.82) is 0 Å². The SMILES string of the molecule is CCOc1ccc(/C=C/C(=O)c2ccc(N)cc2O)cc1. The van der Waals surface area contributed by atoms with Crippen LogP contribution in [0.3, 0.4) is 0 Å². The third-order valence-electron chi connectivity index (χ3n) is 2.91. The molecule has 0 atom stereocenters. The first-order chi connectivity index (χ1) is 10.1. The van der Waals surface area contributed by atoms with E-state index in [-0.39, 0.29) is 17.1 Å². The molecule has 0 bridgehead atoms. The Morgan fingerprint density at radius 3 is 2.57 bits per heavy atom. The van der Waals surface area contributed by atoms with Crippen LogP contribution < -0.4 is 10.5 Å². The Morgan fingerprint density at radius 1 is 1.24 bits per heavy atom. The number of phenolic OH excluding ortho intramolecular Hbond substituents is 1. The molecule has 0 radical (unpaired) electrons. The number of allylic oxidation sites excluding steroid dienone is 1. The van der Waals surface area contributed by atoms with Gasteiger partial charge >= 0.3 is 0 Å². The average molecular weight is 283 g/mol. The first-order valence-electron chi connectivity index (χ1n) is 6.64. The predicted molar refractivity (Wildman–Crippen MR) is 83.5 cm³/mol. The summed E-state index contributed by atoms with van der Waals surface area (Å²) in [7, 11) is 0. The fourth-order valence-electron chi connectivity index (χ4n) is 1.86. The summed E-state index contributed by atoms with van der Waals surface area (Å²) in [5.74, 6) is 0.398. The molecule has 0 aromatic heterocycles. The number of benzene rings is 2. The quantitative estimate of drug-likeness (QED) is 0.502. The summed E-state index contributed by atoms with van der Waals surface area (Å²) in [4.78, 5) is 12.0. The van der Waals surface area contributed by atoms with Gasteiger partial charge in [-0.3, -0.25) is 4.79 Å². The second-order valence-corrected chi connectivity index (χ2v) is 4.48. The Bertz CT molecular complexity index is 660.